The molecule has 0 heterocycles. The van der Waals surface area contributed by atoms with Crippen LogP contribution in [0.1, 0.15) is 35.0 Å². The summed E-state index contributed by atoms with van der Waals surface area (Å²) < 4.78 is 18.1. The molecule has 0 aromatic heterocycles. The lowest BCUT2D eigenvalue weighted by Crippen LogP contribution is -2.40. The molecule has 2 N–H and O–H groups in total. The number of methoxy groups -OCH3 is 2. The molecule has 0 aliphatic rings. The topological polar surface area (TPSA) is 50.7 Å². The van der Waals surface area contributed by atoms with Crippen molar-refractivity contribution in [1.29, 1.82) is 0 Å². The third kappa shape index (κ3) is 4.57. The molecule has 80 valence electrons. The van der Waals surface area contributed by atoms with Crippen molar-refractivity contribution in [2.24, 2.45) is 0 Å². The van der Waals surface area contributed by atoms with Gasteiger partial charge in [-0.3, -0.25) is 0 Å². The zero-order chi connectivity index (χ0) is 11.4. The number of ether oxygens (including phenoxy) is 2. The maximum Gasteiger partial charge on any atom is 0.164 e. The van der Waals surface area contributed by atoms with E-state index >= 15 is 0 Å². The molecule has 0 aliphatic heterocycles. The van der Waals surface area contributed by atoms with Gasteiger partial charge in [-0.1, -0.05) is 0 Å². The van der Waals surface area contributed by atoms with Crippen molar-refractivity contribution in [1.82, 2.24) is 5.48 Å². The van der Waals surface area contributed by atoms with E-state index in [0.29, 0.717) is 6.42 Å². The van der Waals surface area contributed by atoms with Crippen LogP contribution < -0.4 is 5.48 Å². The average Bonchev–Trinajstić information content (AvgIpc) is 2.16. The lowest BCUT2D eigenvalue weighted by atomic mass is 9.96. The Labute approximate surface area is 81.6 Å². The highest BCUT2D eigenvalue weighted by Gasteiger charge is 2.27. The molecule has 4 heteroatoms. The Morgan fingerprint density at radius 1 is 1.31 bits per heavy atom. The summed E-state index contributed by atoms with van der Waals surface area (Å²) in [7, 11) is 3.01. The average molecular weight is 192 g/mol. The summed E-state index contributed by atoms with van der Waals surface area (Å²) in [5.41, 5.74) is 1.64. The van der Waals surface area contributed by atoms with Gasteiger partial charge in [-0.2, -0.15) is 0 Å². The van der Waals surface area contributed by atoms with E-state index in [1.165, 1.54) is 14.2 Å². The molecule has 1 atom stereocenters. The second-order valence-corrected chi connectivity index (χ2v) is 3.83. The first-order valence-corrected chi connectivity index (χ1v) is 4.25. The third-order valence-electron chi connectivity index (χ3n) is 2.10. The molecule has 0 spiro atoms. The van der Waals surface area contributed by atoms with Gasteiger partial charge in [-0.05, 0) is 27.2 Å². The van der Waals surface area contributed by atoms with Crippen LogP contribution in [0.5, 0.6) is 0 Å². The minimum absolute atomic E-state index is 0.418. The van der Waals surface area contributed by atoms with Gasteiger partial charge in [0.05, 0.1) is 0 Å². The summed E-state index contributed by atoms with van der Waals surface area (Å²) >= 11 is 0. The minimum atomic E-state index is -0.936. The Kier molecular flexibility index (Phi) is 4.12. The molecular formula is C9H21NO3. The summed E-state index contributed by atoms with van der Waals surface area (Å²) in [6, 6.07) is 0. The first kappa shape index (κ1) is 10.9. The van der Waals surface area contributed by atoms with Crippen molar-refractivity contribution in [3.8, 4) is 0 Å². The van der Waals surface area contributed by atoms with E-state index in [1.807, 2.05) is 0 Å². The molecular weight excluding hydrogens is 170 g/mol. The van der Waals surface area contributed by atoms with Crippen LogP contribution in [-0.4, -0.2) is 30.8 Å². The molecule has 0 bridgehead atoms. The molecule has 13 heavy (non-hydrogen) atoms. The maximum atomic E-state index is 8.84. The molecule has 0 saturated carbocycles. The lowest BCUT2D eigenvalue weighted by molar-refractivity contribution is -0.200. The van der Waals surface area contributed by atoms with Crippen LogP contribution in [0.3, 0.4) is 0 Å². The molecule has 4 nitrogen and oxygen atoms in total. The van der Waals surface area contributed by atoms with Crippen LogP contribution in [0.25, 0.3) is 0 Å². The van der Waals surface area contributed by atoms with Crippen LogP contribution in [0, 0.1) is 0 Å². The first-order chi connectivity index (χ1) is 6.31. The van der Waals surface area contributed by atoms with E-state index in [0.717, 1.165) is 0 Å². The van der Waals surface area contributed by atoms with Gasteiger partial charge in [0, 0.05) is 27.5 Å². The van der Waals surface area contributed by atoms with Crippen molar-refractivity contribution >= 4 is 0 Å². The van der Waals surface area contributed by atoms with Gasteiger partial charge >= 0.3 is 0 Å². The summed E-state index contributed by atoms with van der Waals surface area (Å²) in [5, 5.41) is 8.84. The molecule has 0 radical (unpaired) electrons. The fraction of sp³-hybridized carbons (Fsp3) is 1.00. The SMILES string of the molecule is [2H]C(CC(C)(C)NO)C(C)(OC)OC. The van der Waals surface area contributed by atoms with Crippen LogP contribution in [-0.2, 0) is 9.47 Å². The fourth-order valence-electron chi connectivity index (χ4n) is 0.736. The van der Waals surface area contributed by atoms with Gasteiger partial charge in [0.2, 0.25) is 0 Å². The maximum absolute atomic E-state index is 8.84. The summed E-state index contributed by atoms with van der Waals surface area (Å²) in [5.74, 6) is -0.936. The van der Waals surface area contributed by atoms with Gasteiger partial charge < -0.3 is 14.7 Å². The smallest absolute Gasteiger partial charge is 0.164 e. The molecule has 0 aromatic carbocycles. The first-order valence-electron chi connectivity index (χ1n) is 4.83. The van der Waals surface area contributed by atoms with Crippen LogP contribution in [0.15, 0.2) is 0 Å². The quantitative estimate of drug-likeness (QED) is 0.495. The van der Waals surface area contributed by atoms with E-state index < -0.39 is 17.7 Å². The van der Waals surface area contributed by atoms with Crippen molar-refractivity contribution in [3.63, 3.8) is 0 Å². The van der Waals surface area contributed by atoms with Gasteiger partial charge in [0.1, 0.15) is 0 Å². The normalized spacial score (nSPS) is 16.9. The lowest BCUT2D eigenvalue weighted by Gasteiger charge is -2.30. The summed E-state index contributed by atoms with van der Waals surface area (Å²) in [6.07, 6.45) is -0.158. The zero-order valence-electron chi connectivity index (χ0n) is 10.0. The standard InChI is InChI=1S/C9H21NO3/c1-8(2,10-11)6-7-9(3,12-4)13-5/h10-11H,6-7H2,1-5H3/i7D. The molecule has 0 rings (SSSR count). The minimum Gasteiger partial charge on any atom is -0.353 e. The van der Waals surface area contributed by atoms with Crippen molar-refractivity contribution in [2.45, 2.75) is 44.9 Å². The predicted octanol–water partition coefficient (Wildman–Crippen LogP) is 1.53. The zero-order valence-corrected chi connectivity index (χ0v) is 9.05. The van der Waals surface area contributed by atoms with E-state index in [1.54, 1.807) is 20.8 Å². The van der Waals surface area contributed by atoms with Crippen LogP contribution >= 0.6 is 0 Å². The van der Waals surface area contributed by atoms with Gasteiger partial charge in [-0.25, -0.2) is 5.48 Å². The van der Waals surface area contributed by atoms with Crippen molar-refractivity contribution in [3.05, 3.63) is 0 Å². The van der Waals surface area contributed by atoms with Crippen molar-refractivity contribution < 1.29 is 16.1 Å². The molecule has 0 saturated heterocycles. The summed E-state index contributed by atoms with van der Waals surface area (Å²) in [6.45, 7) is 5.32. The molecule has 0 fully saturated rings. The number of nitrogens with one attached hydrogen (secondary N) is 1. The third-order valence-corrected chi connectivity index (χ3v) is 2.10. The highest BCUT2D eigenvalue weighted by molar-refractivity contribution is 4.76. The van der Waals surface area contributed by atoms with Crippen LogP contribution in [0.2, 0.25) is 0 Å². The fourth-order valence-corrected chi connectivity index (χ4v) is 0.736. The van der Waals surface area contributed by atoms with Gasteiger partial charge in [0.25, 0.3) is 0 Å². The molecule has 0 amide bonds. The van der Waals surface area contributed by atoms with Crippen molar-refractivity contribution in [2.75, 3.05) is 14.2 Å². The second kappa shape index (κ2) is 4.91. The largest absolute Gasteiger partial charge is 0.353 e. The number of hydrogen-bond donors (Lipinski definition) is 2. The predicted molar refractivity (Wildman–Crippen MR) is 50.7 cm³/mol. The van der Waals surface area contributed by atoms with E-state index in [9.17, 15) is 0 Å². The van der Waals surface area contributed by atoms with Crippen LogP contribution in [0.4, 0.5) is 0 Å². The Bertz CT molecular complexity index is 171. The molecule has 0 aromatic rings. The Balaban J connectivity index is 4.39. The highest BCUT2D eigenvalue weighted by atomic mass is 16.7. The monoisotopic (exact) mass is 192 g/mol. The van der Waals surface area contributed by atoms with E-state index in [2.05, 4.69) is 5.48 Å². The number of hydroxylamine groups is 1. The number of hydrogen-bond acceptors (Lipinski definition) is 4. The Morgan fingerprint density at radius 3 is 2.08 bits per heavy atom. The second-order valence-electron chi connectivity index (χ2n) is 3.83. The highest BCUT2D eigenvalue weighted by Crippen LogP contribution is 2.22. The summed E-state index contributed by atoms with van der Waals surface area (Å²) in [4.78, 5) is 0. The Morgan fingerprint density at radius 2 is 1.77 bits per heavy atom. The van der Waals surface area contributed by atoms with E-state index in [-0.39, 0.29) is 0 Å². The van der Waals surface area contributed by atoms with E-state index in [4.69, 9.17) is 16.1 Å². The van der Waals surface area contributed by atoms with Gasteiger partial charge in [-0.15, -0.1) is 0 Å². The molecule has 1 unspecified atom stereocenters. The molecule has 0 aliphatic carbocycles. The Hall–Kier alpha value is -0.160. The number of rotatable bonds is 6. The van der Waals surface area contributed by atoms with Gasteiger partial charge in [0.15, 0.2) is 5.79 Å².